The van der Waals surface area contributed by atoms with Gasteiger partial charge in [0.25, 0.3) is 0 Å². The van der Waals surface area contributed by atoms with Gasteiger partial charge in [-0.2, -0.15) is 9.61 Å². The van der Waals surface area contributed by atoms with Crippen molar-refractivity contribution in [1.29, 1.82) is 0 Å². The molecule has 5 nitrogen and oxygen atoms in total. The molecule has 3 rings (SSSR count). The summed E-state index contributed by atoms with van der Waals surface area (Å²) in [4.78, 5) is 18.5. The van der Waals surface area contributed by atoms with Crippen molar-refractivity contribution in [3.63, 3.8) is 0 Å². The molecule has 0 aromatic carbocycles. The number of nitrogens with zero attached hydrogens (tertiary/aromatic N) is 3. The van der Waals surface area contributed by atoms with E-state index >= 15 is 0 Å². The molecule has 3 aromatic rings. The van der Waals surface area contributed by atoms with E-state index in [2.05, 4.69) is 31.0 Å². The maximum absolute atomic E-state index is 11.7. The van der Waals surface area contributed by atoms with Crippen molar-refractivity contribution in [3.8, 4) is 0 Å². The first-order valence-corrected chi connectivity index (χ1v) is 5.48. The predicted molar refractivity (Wildman–Crippen MR) is 63.6 cm³/mol. The van der Waals surface area contributed by atoms with Crippen LogP contribution < -0.4 is 5.69 Å². The molecule has 3 heterocycles. The third-order valence-electron chi connectivity index (χ3n) is 2.38. The maximum atomic E-state index is 11.7. The Morgan fingerprint density at radius 1 is 1.44 bits per heavy atom. The number of rotatable bonds is 0. The first-order chi connectivity index (χ1) is 7.65. The highest BCUT2D eigenvalue weighted by Gasteiger charge is 2.08. The second-order valence-corrected chi connectivity index (χ2v) is 4.48. The van der Waals surface area contributed by atoms with E-state index in [0.29, 0.717) is 5.65 Å². The standard InChI is InChI=1S/C10H7BrN4O/c1-5-2-8-7-3-6(11)4-12-9(7)13-10(16)15(8)14-5/h2-4H,1H3,(H,12,13,16). The zero-order chi connectivity index (χ0) is 11.3. The van der Waals surface area contributed by atoms with Gasteiger partial charge >= 0.3 is 5.69 Å². The number of hydrogen-bond acceptors (Lipinski definition) is 3. The molecule has 6 heteroatoms. The lowest BCUT2D eigenvalue weighted by atomic mass is 10.3. The van der Waals surface area contributed by atoms with E-state index in [1.165, 1.54) is 4.52 Å². The van der Waals surface area contributed by atoms with Crippen LogP contribution in [0.15, 0.2) is 27.6 Å². The third kappa shape index (κ3) is 1.26. The Morgan fingerprint density at radius 2 is 2.25 bits per heavy atom. The van der Waals surface area contributed by atoms with Gasteiger partial charge in [0.15, 0.2) is 0 Å². The van der Waals surface area contributed by atoms with Crippen molar-refractivity contribution in [3.05, 3.63) is 39.0 Å². The molecule has 0 saturated carbocycles. The predicted octanol–water partition coefficient (Wildman–Crippen LogP) is 1.64. The van der Waals surface area contributed by atoms with E-state index in [4.69, 9.17) is 0 Å². The summed E-state index contributed by atoms with van der Waals surface area (Å²) >= 11 is 3.36. The lowest BCUT2D eigenvalue weighted by molar-refractivity contribution is 0.861. The normalized spacial score (nSPS) is 11.4. The molecule has 0 amide bonds. The summed E-state index contributed by atoms with van der Waals surface area (Å²) in [5, 5.41) is 4.99. The summed E-state index contributed by atoms with van der Waals surface area (Å²) in [6, 6.07) is 3.78. The minimum atomic E-state index is -0.273. The van der Waals surface area contributed by atoms with E-state index < -0.39 is 0 Å². The first kappa shape index (κ1) is 9.53. The molecule has 1 N–H and O–H groups in total. The van der Waals surface area contributed by atoms with Crippen LogP contribution in [0.2, 0.25) is 0 Å². The van der Waals surface area contributed by atoms with Crippen molar-refractivity contribution in [2.45, 2.75) is 6.92 Å². The minimum absolute atomic E-state index is 0.273. The van der Waals surface area contributed by atoms with Gasteiger partial charge in [-0.15, -0.1) is 0 Å². The van der Waals surface area contributed by atoms with Gasteiger partial charge in [-0.3, -0.25) is 4.98 Å². The Labute approximate surface area is 98.3 Å². The molecule has 0 unspecified atom stereocenters. The Kier molecular flexibility index (Phi) is 1.88. The highest BCUT2D eigenvalue weighted by molar-refractivity contribution is 9.10. The van der Waals surface area contributed by atoms with Crippen LogP contribution >= 0.6 is 15.9 Å². The number of aryl methyl sites for hydroxylation is 1. The largest absolute Gasteiger partial charge is 0.348 e. The topological polar surface area (TPSA) is 63.0 Å². The summed E-state index contributed by atoms with van der Waals surface area (Å²) in [6.45, 7) is 1.85. The second kappa shape index (κ2) is 3.15. The van der Waals surface area contributed by atoms with Gasteiger partial charge in [-0.25, -0.2) is 9.78 Å². The SMILES string of the molecule is Cc1cc2c3cc(Br)cnc3[nH]c(=O)n2n1. The zero-order valence-electron chi connectivity index (χ0n) is 8.36. The summed E-state index contributed by atoms with van der Waals surface area (Å²) in [5.41, 5.74) is 1.87. The Bertz CT molecular complexity index is 758. The van der Waals surface area contributed by atoms with Crippen molar-refractivity contribution in [1.82, 2.24) is 19.6 Å². The van der Waals surface area contributed by atoms with Gasteiger partial charge < -0.3 is 0 Å². The number of nitrogens with one attached hydrogen (secondary N) is 1. The van der Waals surface area contributed by atoms with Gasteiger partial charge in [0.2, 0.25) is 0 Å². The average molecular weight is 279 g/mol. The van der Waals surface area contributed by atoms with E-state index in [0.717, 1.165) is 21.1 Å². The molecule has 0 aliphatic heterocycles. The van der Waals surface area contributed by atoms with E-state index in [9.17, 15) is 4.79 Å². The van der Waals surface area contributed by atoms with Gasteiger partial charge in [-0.1, -0.05) is 0 Å². The second-order valence-electron chi connectivity index (χ2n) is 3.56. The van der Waals surface area contributed by atoms with Crippen molar-refractivity contribution in [2.24, 2.45) is 0 Å². The van der Waals surface area contributed by atoms with Crippen molar-refractivity contribution >= 4 is 32.5 Å². The highest BCUT2D eigenvalue weighted by Crippen LogP contribution is 2.19. The van der Waals surface area contributed by atoms with Crippen molar-refractivity contribution in [2.75, 3.05) is 0 Å². The van der Waals surface area contributed by atoms with Crippen LogP contribution in [-0.4, -0.2) is 19.6 Å². The molecule has 16 heavy (non-hydrogen) atoms. The average Bonchev–Trinajstić information content (AvgIpc) is 2.62. The van der Waals surface area contributed by atoms with Crippen LogP contribution in [0, 0.1) is 6.92 Å². The highest BCUT2D eigenvalue weighted by atomic mass is 79.9. The fraction of sp³-hybridized carbons (Fsp3) is 0.100. The van der Waals surface area contributed by atoms with Gasteiger partial charge in [0, 0.05) is 16.1 Å². The molecule has 0 aliphatic carbocycles. The monoisotopic (exact) mass is 278 g/mol. The van der Waals surface area contributed by atoms with Crippen LogP contribution in [0.25, 0.3) is 16.6 Å². The number of H-pyrrole nitrogens is 1. The molecule has 0 atom stereocenters. The third-order valence-corrected chi connectivity index (χ3v) is 2.81. The Morgan fingerprint density at radius 3 is 3.06 bits per heavy atom. The smallest absolute Gasteiger partial charge is 0.290 e. The number of aromatic nitrogens is 4. The lowest BCUT2D eigenvalue weighted by Crippen LogP contribution is -2.17. The van der Waals surface area contributed by atoms with E-state index in [1.54, 1.807) is 6.20 Å². The fourth-order valence-corrected chi connectivity index (χ4v) is 2.07. The number of aromatic amines is 1. The van der Waals surface area contributed by atoms with E-state index in [1.807, 2.05) is 19.1 Å². The van der Waals surface area contributed by atoms with Crippen molar-refractivity contribution < 1.29 is 0 Å². The van der Waals surface area contributed by atoms with Crippen LogP contribution in [0.4, 0.5) is 0 Å². The molecule has 0 fully saturated rings. The first-order valence-electron chi connectivity index (χ1n) is 4.69. The molecule has 80 valence electrons. The summed E-state index contributed by atoms with van der Waals surface area (Å²) < 4.78 is 2.22. The Balaban J connectivity index is 2.65. The Hall–Kier alpha value is -1.69. The fourth-order valence-electron chi connectivity index (χ4n) is 1.73. The maximum Gasteiger partial charge on any atom is 0.348 e. The molecule has 0 saturated heterocycles. The van der Waals surface area contributed by atoms with E-state index in [-0.39, 0.29) is 5.69 Å². The molecule has 0 bridgehead atoms. The zero-order valence-corrected chi connectivity index (χ0v) is 9.95. The van der Waals surface area contributed by atoms with Crippen LogP contribution in [-0.2, 0) is 0 Å². The minimum Gasteiger partial charge on any atom is -0.290 e. The molecule has 0 spiro atoms. The summed E-state index contributed by atoms with van der Waals surface area (Å²) in [7, 11) is 0. The number of fused-ring (bicyclic) bond motifs is 3. The summed E-state index contributed by atoms with van der Waals surface area (Å²) in [6.07, 6.45) is 1.65. The van der Waals surface area contributed by atoms with Gasteiger partial charge in [-0.05, 0) is 35.0 Å². The van der Waals surface area contributed by atoms with Crippen LogP contribution in [0.5, 0.6) is 0 Å². The van der Waals surface area contributed by atoms with Crippen LogP contribution in [0.1, 0.15) is 5.69 Å². The molecular weight excluding hydrogens is 272 g/mol. The number of hydrogen-bond donors (Lipinski definition) is 1. The lowest BCUT2D eigenvalue weighted by Gasteiger charge is -1.99. The van der Waals surface area contributed by atoms with Crippen LogP contribution in [0.3, 0.4) is 0 Å². The van der Waals surface area contributed by atoms with Gasteiger partial charge in [0.05, 0.1) is 11.2 Å². The number of halogens is 1. The molecule has 0 aliphatic rings. The molecule has 3 aromatic heterocycles. The molecule has 0 radical (unpaired) electrons. The number of pyridine rings is 1. The summed E-state index contributed by atoms with van der Waals surface area (Å²) in [5.74, 6) is 0. The van der Waals surface area contributed by atoms with Gasteiger partial charge in [0.1, 0.15) is 5.65 Å². The quantitative estimate of drug-likeness (QED) is 0.680. The molecular formula is C10H7BrN4O.